The van der Waals surface area contributed by atoms with Gasteiger partial charge < -0.3 is 5.21 Å². The zero-order chi connectivity index (χ0) is 16.7. The molecule has 0 aliphatic heterocycles. The molecule has 23 heavy (non-hydrogen) atoms. The average Bonchev–Trinajstić information content (AvgIpc) is 2.95. The lowest BCUT2D eigenvalue weighted by Gasteiger charge is -2.02. The minimum atomic E-state index is -2.28. The first-order valence-electron chi connectivity index (χ1n) is 6.65. The first kappa shape index (κ1) is 17.6. The Morgan fingerprint density at radius 1 is 1.26 bits per heavy atom. The van der Waals surface area contributed by atoms with Crippen LogP contribution in [0.15, 0.2) is 52.0 Å². The van der Waals surface area contributed by atoms with E-state index < -0.39 is 11.9 Å². The predicted octanol–water partition coefficient (Wildman–Crippen LogP) is 4.83. The van der Waals surface area contributed by atoms with Crippen LogP contribution in [-0.4, -0.2) is 21.7 Å². The number of aromatic nitrogens is 1. The van der Waals surface area contributed by atoms with Gasteiger partial charge >= 0.3 is 6.08 Å². The molecule has 0 N–H and O–H groups in total. The summed E-state index contributed by atoms with van der Waals surface area (Å²) in [5.74, 6) is -1.23. The molecule has 3 nitrogen and oxygen atoms in total. The Morgan fingerprint density at radius 3 is 2.70 bits per heavy atom. The number of benzene rings is 1. The van der Waals surface area contributed by atoms with Gasteiger partial charge in [-0.15, -0.1) is 11.3 Å². The normalized spacial score (nSPS) is 11.5. The monoisotopic (exact) mass is 358 g/mol. The maximum Gasteiger partial charge on any atom is 0.301 e. The molecule has 0 amide bonds. The summed E-state index contributed by atoms with van der Waals surface area (Å²) in [6, 6.07) is 9.29. The lowest BCUT2D eigenvalue weighted by Crippen LogP contribution is -2.05. The third kappa shape index (κ3) is 6.07. The van der Waals surface area contributed by atoms with Crippen LogP contribution in [0.4, 0.5) is 13.2 Å². The van der Waals surface area contributed by atoms with Crippen LogP contribution in [-0.2, 0) is 6.54 Å². The summed E-state index contributed by atoms with van der Waals surface area (Å²) in [4.78, 5) is 4.19. The van der Waals surface area contributed by atoms with Crippen LogP contribution in [0.25, 0.3) is 0 Å². The number of halogens is 3. The summed E-state index contributed by atoms with van der Waals surface area (Å²) in [7, 11) is 0. The lowest BCUT2D eigenvalue weighted by molar-refractivity contribution is -0.469. The average molecular weight is 358 g/mol. The van der Waals surface area contributed by atoms with Gasteiger partial charge in [0.05, 0.1) is 0 Å². The van der Waals surface area contributed by atoms with Crippen molar-refractivity contribution in [2.24, 2.45) is 0 Å². The highest BCUT2D eigenvalue weighted by Crippen LogP contribution is 2.25. The van der Waals surface area contributed by atoms with Gasteiger partial charge in [0, 0.05) is 23.1 Å². The summed E-state index contributed by atoms with van der Waals surface area (Å²) in [5, 5.41) is 13.5. The fraction of sp³-hybridized carbons (Fsp3) is 0.200. The number of rotatable bonds is 7. The van der Waals surface area contributed by atoms with E-state index in [0.717, 1.165) is 10.3 Å². The molecule has 0 fully saturated rings. The molecule has 0 unspecified atom stereocenters. The molecular weight excluding hydrogens is 345 g/mol. The zero-order valence-electron chi connectivity index (χ0n) is 11.9. The number of hydrogen-bond donors (Lipinski definition) is 0. The Bertz CT molecular complexity index is 698. The molecule has 122 valence electrons. The molecule has 0 aliphatic carbocycles. The smallest absolute Gasteiger partial charge is 0.301 e. The van der Waals surface area contributed by atoms with E-state index in [-0.39, 0.29) is 18.7 Å². The van der Waals surface area contributed by atoms with E-state index in [0.29, 0.717) is 10.0 Å². The number of nitrogens with zero attached hydrogens (tertiary/aromatic N) is 2. The Morgan fingerprint density at radius 2 is 2.00 bits per heavy atom. The quantitative estimate of drug-likeness (QED) is 0.234. The van der Waals surface area contributed by atoms with E-state index in [1.54, 1.807) is 5.38 Å². The van der Waals surface area contributed by atoms with Crippen LogP contribution in [0.2, 0.25) is 0 Å². The SMILES string of the molecule is [O-]/[N+](=C\c1csc(SCCC(F)=C(F)F)n1)Cc1ccccc1. The van der Waals surface area contributed by atoms with Crippen molar-refractivity contribution in [3.05, 3.63) is 64.1 Å². The van der Waals surface area contributed by atoms with Gasteiger partial charge in [-0.05, 0) is 0 Å². The van der Waals surface area contributed by atoms with E-state index >= 15 is 0 Å². The van der Waals surface area contributed by atoms with Gasteiger partial charge in [-0.2, -0.15) is 8.78 Å². The summed E-state index contributed by atoms with van der Waals surface area (Å²) in [6.07, 6.45) is -1.25. The van der Waals surface area contributed by atoms with Gasteiger partial charge in [0.2, 0.25) is 6.21 Å². The molecule has 1 heterocycles. The molecule has 2 aromatic rings. The van der Waals surface area contributed by atoms with Crippen LogP contribution in [0, 0.1) is 5.21 Å². The molecule has 2 rings (SSSR count). The summed E-state index contributed by atoms with van der Waals surface area (Å²) in [6.45, 7) is 0.215. The largest absolute Gasteiger partial charge is 0.623 e. The zero-order valence-corrected chi connectivity index (χ0v) is 13.5. The molecule has 0 radical (unpaired) electrons. The molecule has 0 bridgehead atoms. The maximum absolute atomic E-state index is 12.7. The highest BCUT2D eigenvalue weighted by molar-refractivity contribution is 8.01. The fourth-order valence-electron chi connectivity index (χ4n) is 1.67. The van der Waals surface area contributed by atoms with Crippen LogP contribution in [0.3, 0.4) is 0 Å². The number of hydroxylamine groups is 1. The van der Waals surface area contributed by atoms with E-state index in [4.69, 9.17) is 0 Å². The molecule has 0 atom stereocenters. The molecule has 0 spiro atoms. The number of thiazole rings is 1. The van der Waals surface area contributed by atoms with E-state index in [1.807, 2.05) is 30.3 Å². The first-order chi connectivity index (χ1) is 11.0. The predicted molar refractivity (Wildman–Crippen MR) is 86.7 cm³/mol. The highest BCUT2D eigenvalue weighted by atomic mass is 32.2. The minimum Gasteiger partial charge on any atom is -0.623 e. The van der Waals surface area contributed by atoms with E-state index in [9.17, 15) is 18.4 Å². The van der Waals surface area contributed by atoms with Crippen LogP contribution in [0.5, 0.6) is 0 Å². The van der Waals surface area contributed by atoms with Gasteiger partial charge in [-0.25, -0.2) is 14.1 Å². The summed E-state index contributed by atoms with van der Waals surface area (Å²) in [5.41, 5.74) is 1.38. The maximum atomic E-state index is 12.7. The Labute approximate surface area is 139 Å². The molecule has 0 saturated carbocycles. The minimum absolute atomic E-state index is 0.168. The second-order valence-electron chi connectivity index (χ2n) is 4.49. The second-order valence-corrected chi connectivity index (χ2v) is 6.69. The third-order valence-corrected chi connectivity index (χ3v) is 4.75. The van der Waals surface area contributed by atoms with Crippen molar-refractivity contribution in [3.63, 3.8) is 0 Å². The second kappa shape index (κ2) is 8.73. The molecule has 1 aromatic carbocycles. The van der Waals surface area contributed by atoms with Gasteiger partial charge in [-0.3, -0.25) is 0 Å². The number of thioether (sulfide) groups is 1. The number of allylic oxidation sites excluding steroid dienone is 1. The molecule has 8 heteroatoms. The van der Waals surface area contributed by atoms with Crippen molar-refractivity contribution in [3.8, 4) is 0 Å². The van der Waals surface area contributed by atoms with Crippen molar-refractivity contribution >= 4 is 29.3 Å². The topological polar surface area (TPSA) is 39.0 Å². The Hall–Kier alpha value is -1.80. The van der Waals surface area contributed by atoms with Crippen LogP contribution >= 0.6 is 23.1 Å². The van der Waals surface area contributed by atoms with Crippen molar-refractivity contribution in [2.45, 2.75) is 17.3 Å². The van der Waals surface area contributed by atoms with Crippen molar-refractivity contribution in [1.29, 1.82) is 0 Å². The van der Waals surface area contributed by atoms with Gasteiger partial charge in [0.1, 0.15) is 5.69 Å². The van der Waals surface area contributed by atoms with Crippen LogP contribution < -0.4 is 0 Å². The molecule has 0 saturated heterocycles. The summed E-state index contributed by atoms with van der Waals surface area (Å²) >= 11 is 2.46. The van der Waals surface area contributed by atoms with Crippen molar-refractivity contribution < 1.29 is 17.9 Å². The van der Waals surface area contributed by atoms with E-state index in [2.05, 4.69) is 4.98 Å². The van der Waals surface area contributed by atoms with Crippen LogP contribution in [0.1, 0.15) is 17.7 Å². The summed E-state index contributed by atoms with van der Waals surface area (Å²) < 4.78 is 37.9. The Kier molecular flexibility index (Phi) is 6.66. The third-order valence-electron chi connectivity index (χ3n) is 2.71. The molecule has 1 aromatic heterocycles. The highest BCUT2D eigenvalue weighted by Gasteiger charge is 2.08. The van der Waals surface area contributed by atoms with E-state index in [1.165, 1.54) is 29.3 Å². The van der Waals surface area contributed by atoms with Gasteiger partial charge in [0.25, 0.3) is 0 Å². The molecular formula is C15H13F3N2OS2. The number of hydrogen-bond acceptors (Lipinski definition) is 4. The standard InChI is InChI=1S/C15H13F3N2OS2/c16-13(14(17)18)6-7-22-15-19-12(10-23-15)9-20(21)8-11-4-2-1-3-5-11/h1-5,9-10H,6-8H2/b20-9-. The first-order valence-corrected chi connectivity index (χ1v) is 8.51. The lowest BCUT2D eigenvalue weighted by atomic mass is 10.2. The molecule has 0 aliphatic rings. The van der Waals surface area contributed by atoms with Crippen molar-refractivity contribution in [1.82, 2.24) is 4.98 Å². The van der Waals surface area contributed by atoms with Crippen molar-refractivity contribution in [2.75, 3.05) is 5.75 Å². The van der Waals surface area contributed by atoms with Gasteiger partial charge in [-0.1, -0.05) is 42.1 Å². The Balaban J connectivity index is 1.89. The van der Waals surface area contributed by atoms with Gasteiger partial charge in [0.15, 0.2) is 16.7 Å². The fourth-order valence-corrected chi connectivity index (χ4v) is 3.46.